The van der Waals surface area contributed by atoms with E-state index in [1.807, 2.05) is 12.1 Å². The van der Waals surface area contributed by atoms with Crippen LogP contribution >= 0.6 is 11.3 Å². The van der Waals surface area contributed by atoms with Crippen molar-refractivity contribution in [3.05, 3.63) is 17.0 Å². The molecule has 1 aromatic rings. The first-order valence-electron chi connectivity index (χ1n) is 4.52. The molecule has 3 nitrogen and oxygen atoms in total. The first-order chi connectivity index (χ1) is 6.40. The summed E-state index contributed by atoms with van der Waals surface area (Å²) in [6.07, 6.45) is 0.921. The molecule has 0 amide bonds. The molecule has 2 N–H and O–H groups in total. The molecule has 0 bridgehead atoms. The average Bonchev–Trinajstić information content (AvgIpc) is 2.67. The van der Waals surface area contributed by atoms with Crippen molar-refractivity contribution < 1.29 is 10.1 Å². The van der Waals surface area contributed by atoms with Crippen LogP contribution in [0.25, 0.3) is 0 Å². The Morgan fingerprint density at radius 1 is 1.38 bits per heavy atom. The van der Waals surface area contributed by atoms with Gasteiger partial charge in [0.1, 0.15) is 0 Å². The normalized spacial score (nSPS) is 17.4. The van der Waals surface area contributed by atoms with E-state index in [0.29, 0.717) is 0 Å². The fourth-order valence-electron chi connectivity index (χ4n) is 1.55. The van der Waals surface area contributed by atoms with Crippen LogP contribution in [-0.2, 0) is 0 Å². The fourth-order valence-corrected chi connectivity index (χ4v) is 2.42. The van der Waals surface area contributed by atoms with E-state index in [1.165, 1.54) is 5.00 Å². The van der Waals surface area contributed by atoms with E-state index < -0.39 is 0 Å². The summed E-state index contributed by atoms with van der Waals surface area (Å²) in [6, 6.07) is 3.94. The number of quaternary nitrogens is 1. The van der Waals surface area contributed by atoms with Gasteiger partial charge in [-0.25, -0.2) is 0 Å². The summed E-state index contributed by atoms with van der Waals surface area (Å²) >= 11 is 1.58. The Labute approximate surface area is 81.4 Å². The van der Waals surface area contributed by atoms with Gasteiger partial charge in [0.25, 0.3) is 0 Å². The summed E-state index contributed by atoms with van der Waals surface area (Å²) in [5, 5.41) is 3.56. The lowest BCUT2D eigenvalue weighted by molar-refractivity contribution is -0.655. The van der Waals surface area contributed by atoms with Crippen LogP contribution in [0.15, 0.2) is 12.1 Å². The van der Waals surface area contributed by atoms with Gasteiger partial charge in [0.15, 0.2) is 6.29 Å². The Balaban J connectivity index is 2.09. The molecule has 1 fully saturated rings. The summed E-state index contributed by atoms with van der Waals surface area (Å²) in [5.41, 5.74) is 0. The zero-order valence-electron chi connectivity index (χ0n) is 7.40. The zero-order valence-corrected chi connectivity index (χ0v) is 8.22. The molecule has 0 aliphatic carbocycles. The fraction of sp³-hybridized carbons (Fsp3) is 0.444. The Bertz CT molecular complexity index is 292. The van der Waals surface area contributed by atoms with Crippen LogP contribution in [-0.4, -0.2) is 32.5 Å². The first kappa shape index (κ1) is 8.72. The van der Waals surface area contributed by atoms with Gasteiger partial charge in [-0.05, 0) is 12.1 Å². The highest BCUT2D eigenvalue weighted by molar-refractivity contribution is 7.17. The maximum atomic E-state index is 10.5. The van der Waals surface area contributed by atoms with Crippen molar-refractivity contribution in [2.45, 2.75) is 0 Å². The lowest BCUT2D eigenvalue weighted by Gasteiger charge is -2.25. The van der Waals surface area contributed by atoms with Gasteiger partial charge in [-0.1, -0.05) is 0 Å². The molecule has 1 aromatic heterocycles. The molecule has 1 aliphatic rings. The summed E-state index contributed by atoms with van der Waals surface area (Å²) in [5.74, 6) is 0. The van der Waals surface area contributed by atoms with Crippen LogP contribution < -0.4 is 10.2 Å². The molecule has 0 atom stereocenters. The highest BCUT2D eigenvalue weighted by Crippen LogP contribution is 2.24. The lowest BCUT2D eigenvalue weighted by Crippen LogP contribution is -2.89. The molecule has 13 heavy (non-hydrogen) atoms. The molecule has 0 spiro atoms. The molecular weight excluding hydrogens is 184 g/mol. The molecule has 2 heterocycles. The molecule has 2 rings (SSSR count). The van der Waals surface area contributed by atoms with Gasteiger partial charge in [-0.2, -0.15) is 0 Å². The van der Waals surface area contributed by atoms with E-state index in [2.05, 4.69) is 10.2 Å². The standard InChI is InChI=1S/C9H12N2OS/c12-7-8-1-2-9(13-8)11-5-3-10-4-6-11/h1-2,7,10H,3-6H2/p+1. The topological polar surface area (TPSA) is 36.9 Å². The molecule has 0 unspecified atom stereocenters. The van der Waals surface area contributed by atoms with Gasteiger partial charge in [0.2, 0.25) is 0 Å². The number of nitrogens with two attached hydrogens (primary N) is 1. The molecule has 1 aliphatic heterocycles. The Morgan fingerprint density at radius 3 is 2.77 bits per heavy atom. The molecule has 70 valence electrons. The second-order valence-corrected chi connectivity index (χ2v) is 4.24. The van der Waals surface area contributed by atoms with Crippen LogP contribution in [0.5, 0.6) is 0 Å². The smallest absolute Gasteiger partial charge is 0.160 e. The van der Waals surface area contributed by atoms with Gasteiger partial charge in [-0.15, -0.1) is 11.3 Å². The maximum absolute atomic E-state index is 10.5. The molecule has 4 heteroatoms. The van der Waals surface area contributed by atoms with Gasteiger partial charge in [0.05, 0.1) is 36.1 Å². The second-order valence-electron chi connectivity index (χ2n) is 3.15. The van der Waals surface area contributed by atoms with Crippen molar-refractivity contribution in [2.24, 2.45) is 0 Å². The van der Waals surface area contributed by atoms with E-state index in [-0.39, 0.29) is 0 Å². The predicted octanol–water partition coefficient (Wildman–Crippen LogP) is -0.0560. The van der Waals surface area contributed by atoms with Crippen molar-refractivity contribution in [2.75, 3.05) is 31.1 Å². The van der Waals surface area contributed by atoms with Crippen LogP contribution in [0.2, 0.25) is 0 Å². The predicted molar refractivity (Wildman–Crippen MR) is 53.6 cm³/mol. The van der Waals surface area contributed by atoms with Crippen molar-refractivity contribution in [3.63, 3.8) is 0 Å². The van der Waals surface area contributed by atoms with Crippen LogP contribution in [0.1, 0.15) is 9.67 Å². The Hall–Kier alpha value is -0.870. The number of nitrogens with zero attached hydrogens (tertiary/aromatic N) is 1. The second kappa shape index (κ2) is 3.89. The Morgan fingerprint density at radius 2 is 2.15 bits per heavy atom. The van der Waals surface area contributed by atoms with E-state index in [9.17, 15) is 4.79 Å². The summed E-state index contributed by atoms with van der Waals surface area (Å²) in [6.45, 7) is 4.51. The summed E-state index contributed by atoms with van der Waals surface area (Å²) in [7, 11) is 0. The van der Waals surface area contributed by atoms with E-state index in [0.717, 1.165) is 37.3 Å². The number of piperazine rings is 1. The number of hydrogen-bond acceptors (Lipinski definition) is 3. The number of carbonyl (C=O) groups is 1. The zero-order chi connectivity index (χ0) is 9.10. The number of carbonyl (C=O) groups excluding carboxylic acids is 1. The van der Waals surface area contributed by atoms with Crippen molar-refractivity contribution in [1.29, 1.82) is 0 Å². The summed E-state index contributed by atoms with van der Waals surface area (Å²) in [4.78, 5) is 13.7. The molecule has 1 saturated heterocycles. The summed E-state index contributed by atoms with van der Waals surface area (Å²) < 4.78 is 0. The minimum atomic E-state index is 0.824. The van der Waals surface area contributed by atoms with E-state index in [1.54, 1.807) is 11.3 Å². The van der Waals surface area contributed by atoms with Crippen LogP contribution in [0, 0.1) is 0 Å². The lowest BCUT2D eigenvalue weighted by atomic mass is 10.4. The van der Waals surface area contributed by atoms with E-state index >= 15 is 0 Å². The quantitative estimate of drug-likeness (QED) is 0.675. The highest BCUT2D eigenvalue weighted by Gasteiger charge is 2.13. The number of aldehydes is 1. The largest absolute Gasteiger partial charge is 0.352 e. The minimum Gasteiger partial charge on any atom is -0.352 e. The minimum absolute atomic E-state index is 0.824. The van der Waals surface area contributed by atoms with Crippen molar-refractivity contribution in [3.8, 4) is 0 Å². The van der Waals surface area contributed by atoms with E-state index in [4.69, 9.17) is 0 Å². The molecule has 0 radical (unpaired) electrons. The van der Waals surface area contributed by atoms with Gasteiger partial charge in [0, 0.05) is 0 Å². The van der Waals surface area contributed by atoms with Gasteiger partial charge < -0.3 is 10.2 Å². The van der Waals surface area contributed by atoms with Gasteiger partial charge in [-0.3, -0.25) is 4.79 Å². The van der Waals surface area contributed by atoms with Gasteiger partial charge >= 0.3 is 0 Å². The average molecular weight is 197 g/mol. The first-order valence-corrected chi connectivity index (χ1v) is 5.33. The molecule has 0 aromatic carbocycles. The maximum Gasteiger partial charge on any atom is 0.160 e. The van der Waals surface area contributed by atoms with Crippen molar-refractivity contribution >= 4 is 22.6 Å². The Kier molecular flexibility index (Phi) is 2.61. The number of hydrogen-bond donors (Lipinski definition) is 1. The van der Waals surface area contributed by atoms with Crippen LogP contribution in [0.3, 0.4) is 0 Å². The highest BCUT2D eigenvalue weighted by atomic mass is 32.1. The SMILES string of the molecule is O=Cc1ccc(N2CC[NH2+]CC2)s1. The molecule has 0 saturated carbocycles. The number of thiophene rings is 1. The molecular formula is C9H13N2OS+. The number of anilines is 1. The third-order valence-electron chi connectivity index (χ3n) is 2.25. The third-order valence-corrected chi connectivity index (χ3v) is 3.32. The monoisotopic (exact) mass is 197 g/mol. The third kappa shape index (κ3) is 1.89. The van der Waals surface area contributed by atoms with Crippen LogP contribution in [0.4, 0.5) is 5.00 Å². The van der Waals surface area contributed by atoms with Crippen molar-refractivity contribution in [1.82, 2.24) is 0 Å². The number of rotatable bonds is 2.